The number of nitrogens with one attached hydrogen (secondary N) is 1. The number of hydrogen-bond donors (Lipinski definition) is 1. The number of aromatic nitrogens is 1. The van der Waals surface area contributed by atoms with Gasteiger partial charge in [0.2, 0.25) is 0 Å². The highest BCUT2D eigenvalue weighted by molar-refractivity contribution is 5.26. The van der Waals surface area contributed by atoms with E-state index in [0.717, 1.165) is 30.2 Å². The second kappa shape index (κ2) is 6.19. The highest BCUT2D eigenvalue weighted by atomic mass is 16.5. The largest absolute Gasteiger partial charge is 0.497 e. The number of hydrogen-bond acceptors (Lipinski definition) is 3. The molecule has 0 saturated carbocycles. The average Bonchev–Trinajstić information content (AvgIpc) is 2.27. The van der Waals surface area contributed by atoms with Crippen LogP contribution in [0, 0.1) is 18.3 Å². The fourth-order valence-corrected chi connectivity index (χ4v) is 1.63. The summed E-state index contributed by atoms with van der Waals surface area (Å²) in [5, 5.41) is 3.48. The van der Waals surface area contributed by atoms with Crippen molar-refractivity contribution in [2.45, 2.75) is 41.2 Å². The zero-order valence-electron chi connectivity index (χ0n) is 12.5. The minimum Gasteiger partial charge on any atom is -0.497 e. The van der Waals surface area contributed by atoms with E-state index >= 15 is 0 Å². The minimum atomic E-state index is 0.300. The molecule has 0 atom stereocenters. The zero-order valence-corrected chi connectivity index (χ0v) is 12.5. The van der Waals surface area contributed by atoms with E-state index in [-0.39, 0.29) is 0 Å². The average molecular weight is 250 g/mol. The summed E-state index contributed by atoms with van der Waals surface area (Å²) in [4.78, 5) is 4.50. The highest BCUT2D eigenvalue weighted by Crippen LogP contribution is 2.24. The molecule has 0 saturated heterocycles. The molecule has 1 aromatic rings. The third-order valence-electron chi connectivity index (χ3n) is 3.67. The van der Waals surface area contributed by atoms with Gasteiger partial charge in [0.25, 0.3) is 0 Å². The number of rotatable bonds is 6. The number of pyridine rings is 1. The lowest BCUT2D eigenvalue weighted by atomic mass is 9.81. The first kappa shape index (κ1) is 15.0. The van der Waals surface area contributed by atoms with E-state index in [2.05, 4.69) is 38.0 Å². The van der Waals surface area contributed by atoms with E-state index in [1.165, 1.54) is 0 Å². The maximum atomic E-state index is 5.25. The molecular formula is C15H26N2O. The predicted molar refractivity (Wildman–Crippen MR) is 75.9 cm³/mol. The van der Waals surface area contributed by atoms with Crippen molar-refractivity contribution in [1.82, 2.24) is 10.3 Å². The van der Waals surface area contributed by atoms with Crippen LogP contribution in [0.2, 0.25) is 0 Å². The van der Waals surface area contributed by atoms with E-state index in [0.29, 0.717) is 11.3 Å². The smallest absolute Gasteiger partial charge is 0.122 e. The van der Waals surface area contributed by atoms with Gasteiger partial charge < -0.3 is 10.1 Å². The van der Waals surface area contributed by atoms with Crippen LogP contribution in [0.1, 0.15) is 39.1 Å². The van der Waals surface area contributed by atoms with Crippen LogP contribution in [0.25, 0.3) is 0 Å². The van der Waals surface area contributed by atoms with E-state index in [9.17, 15) is 0 Å². The summed E-state index contributed by atoms with van der Waals surface area (Å²) in [6.07, 6.45) is 0. The lowest BCUT2D eigenvalue weighted by molar-refractivity contribution is 0.237. The van der Waals surface area contributed by atoms with Crippen LogP contribution < -0.4 is 10.1 Å². The van der Waals surface area contributed by atoms with Crippen molar-refractivity contribution in [3.63, 3.8) is 0 Å². The van der Waals surface area contributed by atoms with Gasteiger partial charge in [0.15, 0.2) is 0 Å². The van der Waals surface area contributed by atoms with E-state index in [4.69, 9.17) is 4.74 Å². The molecule has 0 aromatic carbocycles. The Morgan fingerprint density at radius 3 is 2.56 bits per heavy atom. The molecule has 1 aromatic heterocycles. The molecule has 102 valence electrons. The Kier molecular flexibility index (Phi) is 5.15. The molecule has 1 N–H and O–H groups in total. The molecule has 0 bridgehead atoms. The molecule has 3 heteroatoms. The maximum Gasteiger partial charge on any atom is 0.122 e. The molecule has 0 fully saturated rings. The Morgan fingerprint density at radius 1 is 1.33 bits per heavy atom. The first-order chi connectivity index (χ1) is 8.35. The van der Waals surface area contributed by atoms with E-state index in [1.807, 2.05) is 19.1 Å². The molecule has 0 spiro atoms. The van der Waals surface area contributed by atoms with Gasteiger partial charge >= 0.3 is 0 Å². The molecule has 0 unspecified atom stereocenters. The zero-order chi connectivity index (χ0) is 13.8. The van der Waals surface area contributed by atoms with Crippen molar-refractivity contribution in [1.29, 1.82) is 0 Å². The Labute approximate surface area is 111 Å². The molecule has 18 heavy (non-hydrogen) atoms. The molecule has 0 aliphatic carbocycles. The van der Waals surface area contributed by atoms with Crippen LogP contribution >= 0.6 is 0 Å². The van der Waals surface area contributed by atoms with Gasteiger partial charge in [-0.3, -0.25) is 4.98 Å². The summed E-state index contributed by atoms with van der Waals surface area (Å²) in [5.41, 5.74) is 2.33. The van der Waals surface area contributed by atoms with Gasteiger partial charge in [0, 0.05) is 30.9 Å². The van der Waals surface area contributed by atoms with Gasteiger partial charge in [-0.05, 0) is 18.3 Å². The second-order valence-electron chi connectivity index (χ2n) is 5.89. The number of methoxy groups -OCH3 is 1. The summed E-state index contributed by atoms with van der Waals surface area (Å²) in [5.74, 6) is 1.53. The van der Waals surface area contributed by atoms with Crippen molar-refractivity contribution >= 4 is 0 Å². The SMILES string of the molecule is COc1cc(C)nc(CNCC(C)(C)C(C)C)c1. The molecule has 1 rings (SSSR count). The third-order valence-corrected chi connectivity index (χ3v) is 3.67. The van der Waals surface area contributed by atoms with Crippen LogP contribution in [0.15, 0.2) is 12.1 Å². The van der Waals surface area contributed by atoms with Crippen molar-refractivity contribution < 1.29 is 4.74 Å². The van der Waals surface area contributed by atoms with E-state index in [1.54, 1.807) is 7.11 Å². The molecule has 0 amide bonds. The monoisotopic (exact) mass is 250 g/mol. The van der Waals surface area contributed by atoms with Gasteiger partial charge in [-0.25, -0.2) is 0 Å². The molecular weight excluding hydrogens is 224 g/mol. The molecule has 0 aliphatic heterocycles. The van der Waals surface area contributed by atoms with Crippen LogP contribution in [0.3, 0.4) is 0 Å². The molecule has 1 heterocycles. The lowest BCUT2D eigenvalue weighted by Crippen LogP contribution is -2.33. The summed E-state index contributed by atoms with van der Waals surface area (Å²) in [6.45, 7) is 12.9. The Balaban J connectivity index is 2.56. The minimum absolute atomic E-state index is 0.300. The van der Waals surface area contributed by atoms with E-state index < -0.39 is 0 Å². The Hall–Kier alpha value is -1.09. The van der Waals surface area contributed by atoms with Crippen molar-refractivity contribution in [2.24, 2.45) is 11.3 Å². The molecule has 3 nitrogen and oxygen atoms in total. The fourth-order valence-electron chi connectivity index (χ4n) is 1.63. The summed E-state index contributed by atoms with van der Waals surface area (Å²) in [7, 11) is 1.69. The Bertz CT molecular complexity index is 386. The summed E-state index contributed by atoms with van der Waals surface area (Å²) in [6, 6.07) is 3.93. The quantitative estimate of drug-likeness (QED) is 0.842. The first-order valence-corrected chi connectivity index (χ1v) is 6.57. The maximum absolute atomic E-state index is 5.25. The van der Waals surface area contributed by atoms with Gasteiger partial charge in [0.1, 0.15) is 5.75 Å². The van der Waals surface area contributed by atoms with Crippen molar-refractivity contribution in [2.75, 3.05) is 13.7 Å². The van der Waals surface area contributed by atoms with Gasteiger partial charge in [-0.2, -0.15) is 0 Å². The standard InChI is InChI=1S/C15H26N2O/c1-11(2)15(4,5)10-16-9-13-8-14(18-6)7-12(3)17-13/h7-8,11,16H,9-10H2,1-6H3. The predicted octanol–water partition coefficient (Wildman–Crippen LogP) is 3.17. The number of nitrogens with zero attached hydrogens (tertiary/aromatic N) is 1. The molecule has 0 aliphatic rings. The highest BCUT2D eigenvalue weighted by Gasteiger charge is 2.21. The van der Waals surface area contributed by atoms with Crippen LogP contribution in [0.5, 0.6) is 5.75 Å². The summed E-state index contributed by atoms with van der Waals surface area (Å²) < 4.78 is 5.25. The second-order valence-corrected chi connectivity index (χ2v) is 5.89. The van der Waals surface area contributed by atoms with Crippen LogP contribution in [-0.4, -0.2) is 18.6 Å². The van der Waals surface area contributed by atoms with Gasteiger partial charge in [-0.1, -0.05) is 27.7 Å². The van der Waals surface area contributed by atoms with Crippen LogP contribution in [0.4, 0.5) is 0 Å². The topological polar surface area (TPSA) is 34.1 Å². The number of aryl methyl sites for hydroxylation is 1. The van der Waals surface area contributed by atoms with Gasteiger partial charge in [-0.15, -0.1) is 0 Å². The lowest BCUT2D eigenvalue weighted by Gasteiger charge is -2.29. The van der Waals surface area contributed by atoms with Crippen LogP contribution in [-0.2, 0) is 6.54 Å². The number of ether oxygens (including phenoxy) is 1. The van der Waals surface area contributed by atoms with Gasteiger partial charge in [0.05, 0.1) is 12.8 Å². The Morgan fingerprint density at radius 2 is 2.00 bits per heavy atom. The summed E-state index contributed by atoms with van der Waals surface area (Å²) >= 11 is 0. The first-order valence-electron chi connectivity index (χ1n) is 6.57. The van der Waals surface area contributed by atoms with Crippen molar-refractivity contribution in [3.8, 4) is 5.75 Å². The van der Waals surface area contributed by atoms with Crippen molar-refractivity contribution in [3.05, 3.63) is 23.5 Å². The third kappa shape index (κ3) is 4.30. The molecule has 0 radical (unpaired) electrons. The fraction of sp³-hybridized carbons (Fsp3) is 0.667. The normalized spacial score (nSPS) is 11.9.